The van der Waals surface area contributed by atoms with Crippen LogP contribution in [0.5, 0.6) is 0 Å². The molecule has 1 aliphatic rings. The first-order chi connectivity index (χ1) is 7.89. The predicted octanol–water partition coefficient (Wildman–Crippen LogP) is 2.19. The molecule has 1 aromatic rings. The molecule has 0 atom stereocenters. The number of hydrogen-bond acceptors (Lipinski definition) is 2. The zero-order chi connectivity index (χ0) is 12.6. The number of halogens is 2. The monoisotopic (exact) mass is 256 g/mol. The smallest absolute Gasteiger partial charge is 0.241 e. The van der Waals surface area contributed by atoms with Crippen LogP contribution in [-0.4, -0.2) is 24.5 Å². The Bertz CT molecular complexity index is 462. The highest BCUT2D eigenvalue weighted by atomic mass is 35.5. The van der Waals surface area contributed by atoms with E-state index in [1.807, 2.05) is 13.8 Å². The van der Waals surface area contributed by atoms with E-state index in [1.165, 1.54) is 12.1 Å². The molecule has 17 heavy (non-hydrogen) atoms. The summed E-state index contributed by atoms with van der Waals surface area (Å²) in [5.74, 6) is -0.510. The van der Waals surface area contributed by atoms with Gasteiger partial charge < -0.3 is 10.2 Å². The molecule has 1 fully saturated rings. The van der Waals surface area contributed by atoms with Gasteiger partial charge in [0.1, 0.15) is 5.82 Å². The Morgan fingerprint density at radius 2 is 2.18 bits per heavy atom. The number of anilines is 1. The molecule has 1 aliphatic heterocycles. The van der Waals surface area contributed by atoms with Gasteiger partial charge in [-0.2, -0.15) is 0 Å². The highest BCUT2D eigenvalue weighted by Gasteiger charge is 2.31. The van der Waals surface area contributed by atoms with Crippen molar-refractivity contribution in [3.8, 4) is 0 Å². The van der Waals surface area contributed by atoms with Gasteiger partial charge in [-0.1, -0.05) is 11.6 Å². The first kappa shape index (κ1) is 12.3. The Balaban J connectivity index is 2.31. The number of piperazine rings is 1. The third kappa shape index (κ3) is 2.58. The molecule has 1 aromatic carbocycles. The number of nitrogens with zero attached hydrogens (tertiary/aromatic N) is 1. The zero-order valence-electron chi connectivity index (χ0n) is 9.76. The van der Waals surface area contributed by atoms with E-state index in [-0.39, 0.29) is 23.0 Å². The fourth-order valence-electron chi connectivity index (χ4n) is 1.84. The molecular formula is C12H14ClFN2O. The minimum Gasteiger partial charge on any atom is -0.309 e. The maximum absolute atomic E-state index is 13.1. The maximum atomic E-state index is 13.1. The summed E-state index contributed by atoms with van der Waals surface area (Å²) >= 11 is 5.72. The number of carbonyl (C=O) groups excluding carboxylic acids is 1. The van der Waals surface area contributed by atoms with Crippen molar-refractivity contribution < 1.29 is 9.18 Å². The van der Waals surface area contributed by atoms with Gasteiger partial charge in [0, 0.05) is 17.8 Å². The van der Waals surface area contributed by atoms with Crippen LogP contribution in [0.2, 0.25) is 5.02 Å². The van der Waals surface area contributed by atoms with E-state index in [2.05, 4.69) is 5.32 Å². The SMILES string of the molecule is CC1(C)CN(c2ccc(F)c(Cl)c2)C(=O)CN1. The van der Waals surface area contributed by atoms with E-state index in [9.17, 15) is 9.18 Å². The van der Waals surface area contributed by atoms with Crippen molar-refractivity contribution in [3.05, 3.63) is 29.0 Å². The van der Waals surface area contributed by atoms with Crippen LogP contribution in [-0.2, 0) is 4.79 Å². The van der Waals surface area contributed by atoms with Gasteiger partial charge in [-0.05, 0) is 32.0 Å². The Labute approximate surface area is 105 Å². The predicted molar refractivity (Wildman–Crippen MR) is 65.8 cm³/mol. The van der Waals surface area contributed by atoms with Gasteiger partial charge in [0.15, 0.2) is 0 Å². The number of carbonyl (C=O) groups is 1. The molecule has 0 radical (unpaired) electrons. The van der Waals surface area contributed by atoms with Crippen LogP contribution in [0, 0.1) is 5.82 Å². The van der Waals surface area contributed by atoms with Gasteiger partial charge in [-0.15, -0.1) is 0 Å². The second-order valence-corrected chi connectivity index (χ2v) is 5.22. The van der Waals surface area contributed by atoms with Crippen molar-refractivity contribution in [2.75, 3.05) is 18.0 Å². The minimum atomic E-state index is -0.475. The largest absolute Gasteiger partial charge is 0.309 e. The topological polar surface area (TPSA) is 32.3 Å². The summed E-state index contributed by atoms with van der Waals surface area (Å²) in [7, 11) is 0. The molecule has 0 saturated carbocycles. The summed E-state index contributed by atoms with van der Waals surface area (Å²) in [6, 6.07) is 4.33. The van der Waals surface area contributed by atoms with E-state index in [0.717, 1.165) is 0 Å². The molecule has 1 amide bonds. The molecule has 5 heteroatoms. The van der Waals surface area contributed by atoms with Crippen LogP contribution in [0.4, 0.5) is 10.1 Å². The standard InChI is InChI=1S/C12H14ClFN2O/c1-12(2)7-16(11(17)6-15-12)8-3-4-10(14)9(13)5-8/h3-5,15H,6-7H2,1-2H3. The van der Waals surface area contributed by atoms with Crippen molar-refractivity contribution in [1.29, 1.82) is 0 Å². The quantitative estimate of drug-likeness (QED) is 0.836. The number of benzene rings is 1. The van der Waals surface area contributed by atoms with Crippen molar-refractivity contribution in [1.82, 2.24) is 5.32 Å². The normalized spacial score (nSPS) is 19.5. The molecule has 2 rings (SSSR count). The van der Waals surface area contributed by atoms with Crippen molar-refractivity contribution in [2.24, 2.45) is 0 Å². The summed E-state index contributed by atoms with van der Waals surface area (Å²) in [6.07, 6.45) is 0. The van der Waals surface area contributed by atoms with E-state index in [4.69, 9.17) is 11.6 Å². The molecule has 3 nitrogen and oxygen atoms in total. The minimum absolute atomic E-state index is 0.0339. The second kappa shape index (κ2) is 4.27. The van der Waals surface area contributed by atoms with Crippen LogP contribution in [0.15, 0.2) is 18.2 Å². The van der Waals surface area contributed by atoms with Crippen molar-refractivity contribution >= 4 is 23.2 Å². The van der Waals surface area contributed by atoms with E-state index in [1.54, 1.807) is 11.0 Å². The third-order valence-corrected chi connectivity index (χ3v) is 3.08. The van der Waals surface area contributed by atoms with Crippen LogP contribution < -0.4 is 10.2 Å². The van der Waals surface area contributed by atoms with Gasteiger partial charge in [0.05, 0.1) is 11.6 Å². The summed E-state index contributed by atoms with van der Waals surface area (Å²) in [6.45, 7) is 4.84. The molecule has 0 bridgehead atoms. The van der Waals surface area contributed by atoms with Gasteiger partial charge in [0.2, 0.25) is 5.91 Å². The Hall–Kier alpha value is -1.13. The van der Waals surface area contributed by atoms with Crippen LogP contribution >= 0.6 is 11.6 Å². The Morgan fingerprint density at radius 1 is 1.47 bits per heavy atom. The molecule has 0 aliphatic carbocycles. The van der Waals surface area contributed by atoms with Gasteiger partial charge in [-0.25, -0.2) is 4.39 Å². The van der Waals surface area contributed by atoms with Gasteiger partial charge >= 0.3 is 0 Å². The molecule has 0 aromatic heterocycles. The summed E-state index contributed by atoms with van der Waals surface area (Å²) in [5.41, 5.74) is 0.477. The summed E-state index contributed by atoms with van der Waals surface area (Å²) < 4.78 is 13.1. The Morgan fingerprint density at radius 3 is 2.82 bits per heavy atom. The maximum Gasteiger partial charge on any atom is 0.241 e. The van der Waals surface area contributed by atoms with Crippen LogP contribution in [0.3, 0.4) is 0 Å². The molecule has 1 heterocycles. The van der Waals surface area contributed by atoms with E-state index >= 15 is 0 Å². The highest BCUT2D eigenvalue weighted by Crippen LogP contribution is 2.25. The highest BCUT2D eigenvalue weighted by molar-refractivity contribution is 6.31. The summed E-state index contributed by atoms with van der Waals surface area (Å²) in [5, 5.41) is 3.17. The third-order valence-electron chi connectivity index (χ3n) is 2.79. The lowest BCUT2D eigenvalue weighted by Crippen LogP contribution is -2.60. The fraction of sp³-hybridized carbons (Fsp3) is 0.417. The number of amides is 1. The molecule has 1 N–H and O–H groups in total. The molecule has 0 spiro atoms. The number of nitrogens with one attached hydrogen (secondary N) is 1. The average molecular weight is 257 g/mol. The lowest BCUT2D eigenvalue weighted by molar-refractivity contribution is -0.119. The first-order valence-corrected chi connectivity index (χ1v) is 5.77. The van der Waals surface area contributed by atoms with Gasteiger partial charge in [-0.3, -0.25) is 4.79 Å². The van der Waals surface area contributed by atoms with E-state index in [0.29, 0.717) is 12.2 Å². The number of rotatable bonds is 1. The average Bonchev–Trinajstić information content (AvgIpc) is 2.26. The first-order valence-electron chi connectivity index (χ1n) is 5.39. The van der Waals surface area contributed by atoms with Crippen LogP contribution in [0.25, 0.3) is 0 Å². The lowest BCUT2D eigenvalue weighted by atomic mass is 10.0. The molecule has 1 saturated heterocycles. The van der Waals surface area contributed by atoms with E-state index < -0.39 is 5.82 Å². The fourth-order valence-corrected chi connectivity index (χ4v) is 2.01. The summed E-state index contributed by atoms with van der Waals surface area (Å²) in [4.78, 5) is 13.4. The molecule has 92 valence electrons. The van der Waals surface area contributed by atoms with Crippen molar-refractivity contribution in [3.63, 3.8) is 0 Å². The Kier molecular flexibility index (Phi) is 3.10. The lowest BCUT2D eigenvalue weighted by Gasteiger charge is -2.38. The van der Waals surface area contributed by atoms with Gasteiger partial charge in [0.25, 0.3) is 0 Å². The second-order valence-electron chi connectivity index (χ2n) is 4.82. The molecular weight excluding hydrogens is 243 g/mol. The van der Waals surface area contributed by atoms with Crippen molar-refractivity contribution in [2.45, 2.75) is 19.4 Å². The zero-order valence-corrected chi connectivity index (χ0v) is 10.5. The van der Waals surface area contributed by atoms with Crippen LogP contribution in [0.1, 0.15) is 13.8 Å². The molecule has 0 unspecified atom stereocenters. The number of hydrogen-bond donors (Lipinski definition) is 1.